The molecule has 2 aliphatic carbocycles. The van der Waals surface area contributed by atoms with E-state index in [0.29, 0.717) is 50.2 Å². The first-order valence-corrected chi connectivity index (χ1v) is 12.5. The molecule has 0 unspecified atom stereocenters. The molecule has 4 N–H and O–H groups in total. The molecule has 7 nitrogen and oxygen atoms in total. The van der Waals surface area contributed by atoms with Crippen molar-refractivity contribution in [2.24, 2.45) is 23.2 Å². The molecular weight excluding hydrogens is 448 g/mol. The molecule has 0 spiro atoms. The summed E-state index contributed by atoms with van der Waals surface area (Å²) in [6.45, 7) is 13.9. The van der Waals surface area contributed by atoms with Crippen molar-refractivity contribution in [3.63, 3.8) is 0 Å². The molecule has 1 aromatic rings. The first-order valence-electron chi connectivity index (χ1n) is 12.5. The fraction of sp³-hybridized carbons (Fsp3) is 0.643. The first kappa shape index (κ1) is 25.7. The van der Waals surface area contributed by atoms with Gasteiger partial charge < -0.3 is 25.2 Å². The lowest BCUT2D eigenvalue weighted by atomic mass is 9.47. The molecule has 0 bridgehead atoms. The van der Waals surface area contributed by atoms with Crippen molar-refractivity contribution >= 4 is 12.6 Å². The summed E-state index contributed by atoms with van der Waals surface area (Å²) < 4.78 is 6.56. The van der Waals surface area contributed by atoms with E-state index < -0.39 is 34.4 Å². The van der Waals surface area contributed by atoms with Gasteiger partial charge in [-0.05, 0) is 63.4 Å². The molecule has 2 fully saturated rings. The summed E-state index contributed by atoms with van der Waals surface area (Å²) >= 11 is 0. The summed E-state index contributed by atoms with van der Waals surface area (Å²) in [4.78, 5) is 23.9. The topological polar surface area (TPSA) is 124 Å². The van der Waals surface area contributed by atoms with E-state index in [1.165, 1.54) is 0 Å². The van der Waals surface area contributed by atoms with Crippen molar-refractivity contribution in [2.75, 3.05) is 0 Å². The van der Waals surface area contributed by atoms with Gasteiger partial charge in [-0.15, -0.1) is 0 Å². The first-order chi connectivity index (χ1) is 16.2. The van der Waals surface area contributed by atoms with Gasteiger partial charge in [0.15, 0.2) is 12.6 Å². The van der Waals surface area contributed by atoms with Crippen LogP contribution in [0.5, 0.6) is 17.2 Å². The minimum absolute atomic E-state index is 0.0589. The highest BCUT2D eigenvalue weighted by Crippen LogP contribution is 2.66. The van der Waals surface area contributed by atoms with Gasteiger partial charge in [0.1, 0.15) is 23.4 Å². The largest absolute Gasteiger partial charge is 0.507 e. The number of aldehydes is 2. The highest BCUT2D eigenvalue weighted by atomic mass is 16.5. The zero-order chi connectivity index (χ0) is 26.1. The van der Waals surface area contributed by atoms with Gasteiger partial charge in [0.05, 0.1) is 22.3 Å². The molecule has 1 heterocycles. The molecule has 3 aliphatic rings. The van der Waals surface area contributed by atoms with Gasteiger partial charge >= 0.3 is 0 Å². The molecule has 4 rings (SSSR count). The minimum atomic E-state index is -1.25. The van der Waals surface area contributed by atoms with E-state index in [1.807, 2.05) is 0 Å². The molecule has 192 valence electrons. The molecule has 35 heavy (non-hydrogen) atoms. The van der Waals surface area contributed by atoms with E-state index in [2.05, 4.69) is 27.4 Å². The molecule has 1 aromatic carbocycles. The Morgan fingerprint density at radius 3 is 2.31 bits per heavy atom. The van der Waals surface area contributed by atoms with Crippen LogP contribution in [0.4, 0.5) is 0 Å². The summed E-state index contributed by atoms with van der Waals surface area (Å²) in [5, 5.41) is 44.9. The maximum atomic E-state index is 12.1. The Labute approximate surface area is 206 Å². The van der Waals surface area contributed by atoms with Gasteiger partial charge in [0, 0.05) is 22.8 Å². The number of phenols is 2. The maximum absolute atomic E-state index is 12.1. The van der Waals surface area contributed by atoms with Crippen molar-refractivity contribution in [1.82, 2.24) is 0 Å². The zero-order valence-corrected chi connectivity index (χ0v) is 21.3. The van der Waals surface area contributed by atoms with Gasteiger partial charge in [-0.25, -0.2) is 0 Å². The SMILES string of the molecule is C=C1CC[C@@H](C(C)(C)O)[C@H]2[C@@H]3Oc4c(C=O)c(O)c(C=O)c(O)c4[C@@H](CC(C)C)[C@@]3(C)CC[C@@]12O. The molecule has 0 aromatic heterocycles. The summed E-state index contributed by atoms with van der Waals surface area (Å²) in [6.07, 6.45) is 3.04. The van der Waals surface area contributed by atoms with E-state index in [-0.39, 0.29) is 40.4 Å². The average molecular weight is 487 g/mol. The van der Waals surface area contributed by atoms with E-state index in [9.17, 15) is 30.0 Å². The second-order valence-electron chi connectivity index (χ2n) is 12.1. The highest BCUT2D eigenvalue weighted by Gasteiger charge is 2.65. The highest BCUT2D eigenvalue weighted by molar-refractivity contribution is 5.95. The summed E-state index contributed by atoms with van der Waals surface area (Å²) in [7, 11) is 0. The Hall–Kier alpha value is -2.38. The molecule has 7 heteroatoms. The van der Waals surface area contributed by atoms with Crippen molar-refractivity contribution in [3.05, 3.63) is 28.8 Å². The lowest BCUT2D eigenvalue weighted by Crippen LogP contribution is -2.66. The van der Waals surface area contributed by atoms with Crippen LogP contribution in [-0.4, -0.2) is 50.3 Å². The number of ether oxygens (including phenoxy) is 1. The van der Waals surface area contributed by atoms with Crippen LogP contribution in [0, 0.1) is 23.2 Å². The number of hydrogen-bond acceptors (Lipinski definition) is 7. The van der Waals surface area contributed by atoms with Crippen molar-refractivity contribution < 1.29 is 34.8 Å². The fourth-order valence-electron chi connectivity index (χ4n) is 7.23. The Morgan fingerprint density at radius 1 is 1.14 bits per heavy atom. The quantitative estimate of drug-likeness (QED) is 0.357. The number of carbonyl (C=O) groups excluding carboxylic acids is 2. The molecule has 1 aliphatic heterocycles. The van der Waals surface area contributed by atoms with Crippen LogP contribution in [0.2, 0.25) is 0 Å². The number of carbonyl (C=O) groups is 2. The standard InChI is InChI=1S/C28H38O7/c1-14(2)11-19-20-23(32)16(12-29)22(31)17(13-30)24(20)35-25-21-18(26(4,5)33)8-7-15(3)28(21,34)10-9-27(19,25)6/h12-14,18-19,21,25,31-34H,3,7-11H2,1-2,4-6H3/t18-,19-,21+,25+,27-,28-/m1/s1. The predicted molar refractivity (Wildman–Crippen MR) is 131 cm³/mol. The summed E-state index contributed by atoms with van der Waals surface area (Å²) in [5.74, 6) is -1.84. The Bertz CT molecular complexity index is 1070. The molecule has 0 amide bonds. The Morgan fingerprint density at radius 2 is 1.77 bits per heavy atom. The maximum Gasteiger partial charge on any atom is 0.157 e. The van der Waals surface area contributed by atoms with Crippen molar-refractivity contribution in [1.29, 1.82) is 0 Å². The van der Waals surface area contributed by atoms with Crippen LogP contribution in [0.1, 0.15) is 98.9 Å². The molecule has 0 radical (unpaired) electrons. The van der Waals surface area contributed by atoms with Gasteiger partial charge in [-0.3, -0.25) is 9.59 Å². The van der Waals surface area contributed by atoms with Crippen LogP contribution in [-0.2, 0) is 0 Å². The lowest BCUT2D eigenvalue weighted by molar-refractivity contribution is -0.199. The lowest BCUT2D eigenvalue weighted by Gasteiger charge is -2.63. The van der Waals surface area contributed by atoms with Crippen molar-refractivity contribution in [2.45, 2.75) is 89.9 Å². The van der Waals surface area contributed by atoms with Crippen LogP contribution >= 0.6 is 0 Å². The monoisotopic (exact) mass is 486 g/mol. The minimum Gasteiger partial charge on any atom is -0.507 e. The smallest absolute Gasteiger partial charge is 0.157 e. The number of aromatic hydroxyl groups is 2. The third kappa shape index (κ3) is 3.61. The van der Waals surface area contributed by atoms with E-state index in [1.54, 1.807) is 13.8 Å². The van der Waals surface area contributed by atoms with Gasteiger partial charge in [0.25, 0.3) is 0 Å². The third-order valence-corrected chi connectivity index (χ3v) is 9.12. The number of phenolic OH excluding ortho intramolecular Hbond substituents is 2. The van der Waals surface area contributed by atoms with Gasteiger partial charge in [-0.1, -0.05) is 27.4 Å². The number of aliphatic hydroxyl groups is 2. The van der Waals surface area contributed by atoms with Gasteiger partial charge in [-0.2, -0.15) is 0 Å². The van der Waals surface area contributed by atoms with E-state index in [0.717, 1.165) is 5.57 Å². The van der Waals surface area contributed by atoms with Gasteiger partial charge in [0.2, 0.25) is 0 Å². The zero-order valence-electron chi connectivity index (χ0n) is 21.3. The number of rotatable bonds is 5. The third-order valence-electron chi connectivity index (χ3n) is 9.12. The fourth-order valence-corrected chi connectivity index (χ4v) is 7.23. The molecule has 6 atom stereocenters. The van der Waals surface area contributed by atoms with E-state index in [4.69, 9.17) is 4.74 Å². The Kier molecular flexibility index (Phi) is 6.13. The Balaban J connectivity index is 2.02. The van der Waals surface area contributed by atoms with Crippen LogP contribution in [0.3, 0.4) is 0 Å². The average Bonchev–Trinajstić information content (AvgIpc) is 2.75. The second-order valence-corrected chi connectivity index (χ2v) is 12.1. The molecular formula is C28H38O7. The van der Waals surface area contributed by atoms with Crippen molar-refractivity contribution in [3.8, 4) is 17.2 Å². The number of benzene rings is 1. The summed E-state index contributed by atoms with van der Waals surface area (Å²) in [6, 6.07) is 0. The number of fused-ring (bicyclic) bond motifs is 4. The molecule has 2 saturated carbocycles. The van der Waals surface area contributed by atoms with E-state index >= 15 is 0 Å². The predicted octanol–water partition coefficient (Wildman–Crippen LogP) is 4.50. The second kappa shape index (κ2) is 8.34. The molecule has 0 saturated heterocycles. The van der Waals surface area contributed by atoms with Crippen LogP contribution in [0.15, 0.2) is 12.2 Å². The normalized spacial score (nSPS) is 34.5. The van der Waals surface area contributed by atoms with Crippen LogP contribution in [0.25, 0.3) is 0 Å². The van der Waals surface area contributed by atoms with Crippen LogP contribution < -0.4 is 4.74 Å². The number of hydrogen-bond donors (Lipinski definition) is 4. The summed E-state index contributed by atoms with van der Waals surface area (Å²) in [5.41, 5.74) is -2.35.